The van der Waals surface area contributed by atoms with Gasteiger partial charge in [-0.05, 0) is 44.1 Å². The van der Waals surface area contributed by atoms with E-state index in [1.54, 1.807) is 0 Å². The number of aromatic amines is 1. The monoisotopic (exact) mass is 370 g/mol. The molecule has 3 fully saturated rings. The number of ether oxygens (including phenoxy) is 1. The van der Waals surface area contributed by atoms with E-state index in [-0.39, 0.29) is 17.0 Å². The number of nitrogens with zero attached hydrogens (tertiary/aromatic N) is 2. The van der Waals surface area contributed by atoms with Crippen LogP contribution in [0.5, 0.6) is 5.75 Å². The smallest absolute Gasteiger partial charge is 0.406 e. The number of fused-ring (bicyclic) bond motifs is 4. The number of alkyl halides is 3. The number of aromatic nitrogens is 2. The summed E-state index contributed by atoms with van der Waals surface area (Å²) in [6.45, 7) is 2.09. The fourth-order valence-corrected chi connectivity index (χ4v) is 3.80. The van der Waals surface area contributed by atoms with Crippen LogP contribution in [0.25, 0.3) is 10.9 Å². The highest BCUT2D eigenvalue weighted by Gasteiger charge is 2.46. The second-order valence-electron chi connectivity index (χ2n) is 6.76. The number of rotatable bonds is 3. The van der Waals surface area contributed by atoms with Crippen molar-refractivity contribution in [1.82, 2.24) is 20.4 Å². The first kappa shape index (κ1) is 17.1. The summed E-state index contributed by atoms with van der Waals surface area (Å²) < 4.78 is 41.1. The molecular formula is C16H17F3N4O3. The Bertz CT molecular complexity index is 845. The second-order valence-corrected chi connectivity index (χ2v) is 6.76. The highest BCUT2D eigenvalue weighted by molar-refractivity contribution is 6.05. The first-order chi connectivity index (χ1) is 12.2. The molecule has 1 amide bonds. The Morgan fingerprint density at radius 2 is 2.12 bits per heavy atom. The number of nitrogens with one attached hydrogen (secondary N) is 2. The fraction of sp³-hybridized carbons (Fsp3) is 0.500. The molecule has 3 aliphatic heterocycles. The summed E-state index contributed by atoms with van der Waals surface area (Å²) in [6, 6.07) is 3.58. The van der Waals surface area contributed by atoms with E-state index in [9.17, 15) is 23.1 Å². The maximum Gasteiger partial charge on any atom is 0.573 e. The molecule has 26 heavy (non-hydrogen) atoms. The van der Waals surface area contributed by atoms with Gasteiger partial charge in [0.25, 0.3) is 5.91 Å². The van der Waals surface area contributed by atoms with Crippen molar-refractivity contribution in [1.29, 1.82) is 0 Å². The lowest BCUT2D eigenvalue weighted by Gasteiger charge is -2.50. The molecule has 0 saturated carbocycles. The van der Waals surface area contributed by atoms with Gasteiger partial charge in [0.2, 0.25) is 0 Å². The molecule has 3 N–H and O–H groups in total. The maximum atomic E-state index is 12.6. The Labute approximate surface area is 146 Å². The van der Waals surface area contributed by atoms with E-state index in [0.717, 1.165) is 38.1 Å². The van der Waals surface area contributed by atoms with Crippen molar-refractivity contribution >= 4 is 16.8 Å². The molecule has 140 valence electrons. The third kappa shape index (κ3) is 3.10. The molecular weight excluding hydrogens is 353 g/mol. The zero-order valence-corrected chi connectivity index (χ0v) is 13.6. The van der Waals surface area contributed by atoms with Crippen LogP contribution in [0, 0.1) is 5.92 Å². The molecule has 0 aliphatic carbocycles. The van der Waals surface area contributed by atoms with E-state index >= 15 is 0 Å². The first-order valence-corrected chi connectivity index (χ1v) is 8.25. The molecule has 0 spiro atoms. The topological polar surface area (TPSA) is 90.5 Å². The van der Waals surface area contributed by atoms with Gasteiger partial charge in [-0.25, -0.2) is 0 Å². The molecule has 7 nitrogen and oxygen atoms in total. The van der Waals surface area contributed by atoms with E-state index in [1.807, 2.05) is 0 Å². The number of benzene rings is 1. The second kappa shape index (κ2) is 5.85. The lowest BCUT2D eigenvalue weighted by molar-refractivity contribution is -0.274. The van der Waals surface area contributed by atoms with Crippen molar-refractivity contribution < 1.29 is 27.8 Å². The average molecular weight is 370 g/mol. The van der Waals surface area contributed by atoms with Crippen LogP contribution in [0.15, 0.2) is 18.2 Å². The van der Waals surface area contributed by atoms with Gasteiger partial charge in [-0.3, -0.25) is 14.8 Å². The number of halogens is 3. The maximum absolute atomic E-state index is 12.6. The van der Waals surface area contributed by atoms with Crippen LogP contribution in [-0.4, -0.2) is 57.8 Å². The lowest BCUT2D eigenvalue weighted by Crippen LogP contribution is -2.67. The normalized spacial score (nSPS) is 28.3. The zero-order chi connectivity index (χ0) is 18.5. The van der Waals surface area contributed by atoms with Crippen LogP contribution < -0.4 is 10.1 Å². The highest BCUT2D eigenvalue weighted by Crippen LogP contribution is 2.34. The molecule has 2 aromatic rings. The third-order valence-corrected chi connectivity index (χ3v) is 5.04. The van der Waals surface area contributed by atoms with Crippen LogP contribution in [0.1, 0.15) is 23.3 Å². The number of H-pyrrole nitrogens is 1. The van der Waals surface area contributed by atoms with Crippen molar-refractivity contribution in [2.45, 2.75) is 24.9 Å². The number of amides is 1. The van der Waals surface area contributed by atoms with E-state index in [1.165, 1.54) is 6.07 Å². The minimum atomic E-state index is -4.83. The molecule has 10 heteroatoms. The number of aliphatic hydroxyl groups is 1. The summed E-state index contributed by atoms with van der Waals surface area (Å²) in [5.74, 6) is -1.13. The predicted octanol–water partition coefficient (Wildman–Crippen LogP) is 1.61. The molecule has 1 aromatic carbocycles. The van der Waals surface area contributed by atoms with Crippen LogP contribution in [0.3, 0.4) is 0 Å². The lowest BCUT2D eigenvalue weighted by atomic mass is 9.81. The Kier molecular flexibility index (Phi) is 3.85. The van der Waals surface area contributed by atoms with Crippen LogP contribution in [0.2, 0.25) is 0 Å². The van der Waals surface area contributed by atoms with Crippen LogP contribution >= 0.6 is 0 Å². The van der Waals surface area contributed by atoms with Crippen LogP contribution in [0.4, 0.5) is 13.2 Å². The van der Waals surface area contributed by atoms with Gasteiger partial charge in [0, 0.05) is 17.8 Å². The Morgan fingerprint density at radius 1 is 1.38 bits per heavy atom. The number of hydrogen-bond donors (Lipinski definition) is 3. The van der Waals surface area contributed by atoms with Crippen molar-refractivity contribution in [3.63, 3.8) is 0 Å². The Hall–Kier alpha value is -2.33. The molecule has 2 bridgehead atoms. The summed E-state index contributed by atoms with van der Waals surface area (Å²) >= 11 is 0. The Morgan fingerprint density at radius 3 is 2.73 bits per heavy atom. The number of piperidine rings is 3. The van der Waals surface area contributed by atoms with E-state index in [4.69, 9.17) is 0 Å². The van der Waals surface area contributed by atoms with Gasteiger partial charge >= 0.3 is 6.36 Å². The van der Waals surface area contributed by atoms with Gasteiger partial charge in [-0.2, -0.15) is 5.10 Å². The number of hydrogen-bond acceptors (Lipinski definition) is 5. The van der Waals surface area contributed by atoms with E-state index in [2.05, 4.69) is 25.2 Å². The van der Waals surface area contributed by atoms with Gasteiger partial charge in [0.15, 0.2) is 11.4 Å². The van der Waals surface area contributed by atoms with Gasteiger partial charge in [0.05, 0.1) is 5.52 Å². The molecule has 1 atom stereocenters. The summed E-state index contributed by atoms with van der Waals surface area (Å²) in [6.07, 6.45) is -3.27. The minimum absolute atomic E-state index is 0.0502. The molecule has 5 rings (SSSR count). The van der Waals surface area contributed by atoms with Gasteiger partial charge in [-0.15, -0.1) is 13.2 Å². The number of carbonyl (C=O) groups excluding carboxylic acids is 1. The molecule has 3 saturated heterocycles. The minimum Gasteiger partial charge on any atom is -0.406 e. The quantitative estimate of drug-likeness (QED) is 0.714. The summed E-state index contributed by atoms with van der Waals surface area (Å²) in [5.41, 5.74) is -1.05. The summed E-state index contributed by atoms with van der Waals surface area (Å²) in [4.78, 5) is 14.7. The summed E-state index contributed by atoms with van der Waals surface area (Å²) in [5, 5.41) is 20.1. The van der Waals surface area contributed by atoms with E-state index < -0.39 is 23.7 Å². The molecule has 3 aliphatic rings. The van der Waals surface area contributed by atoms with Crippen molar-refractivity contribution in [2.24, 2.45) is 5.92 Å². The predicted molar refractivity (Wildman–Crippen MR) is 84.4 cm³/mol. The van der Waals surface area contributed by atoms with Gasteiger partial charge in [0.1, 0.15) is 5.75 Å². The molecule has 4 heterocycles. The van der Waals surface area contributed by atoms with Crippen molar-refractivity contribution in [2.75, 3.05) is 19.6 Å². The molecule has 0 unspecified atom stereocenters. The SMILES string of the molecule is O=C(N[C@@]1(O)CN2CCC1CC2)c1n[nH]c2ccc(OC(F)(F)F)cc12. The highest BCUT2D eigenvalue weighted by atomic mass is 19.4. The van der Waals surface area contributed by atoms with Gasteiger partial charge < -0.3 is 15.2 Å². The summed E-state index contributed by atoms with van der Waals surface area (Å²) in [7, 11) is 0. The third-order valence-electron chi connectivity index (χ3n) is 5.04. The number of carbonyl (C=O) groups is 1. The standard InChI is InChI=1S/C16H17F3N4O3/c17-16(18,19)26-10-1-2-12-11(7-10)13(22-21-12)14(24)20-15(25)8-23-5-3-9(15)4-6-23/h1-2,7,9,25H,3-6,8H2,(H,20,24)(H,21,22)/t15-/m1/s1. The van der Waals surface area contributed by atoms with Crippen LogP contribution in [-0.2, 0) is 0 Å². The van der Waals surface area contributed by atoms with E-state index in [0.29, 0.717) is 12.1 Å². The first-order valence-electron chi connectivity index (χ1n) is 8.25. The molecule has 0 radical (unpaired) electrons. The Balaban J connectivity index is 1.59. The molecule has 1 aromatic heterocycles. The fourth-order valence-electron chi connectivity index (χ4n) is 3.80. The van der Waals surface area contributed by atoms with Crippen molar-refractivity contribution in [3.05, 3.63) is 23.9 Å². The van der Waals surface area contributed by atoms with Gasteiger partial charge in [-0.1, -0.05) is 0 Å². The van der Waals surface area contributed by atoms with Crippen molar-refractivity contribution in [3.8, 4) is 5.75 Å². The zero-order valence-electron chi connectivity index (χ0n) is 13.6. The average Bonchev–Trinajstić information content (AvgIpc) is 2.97. The largest absolute Gasteiger partial charge is 0.573 e.